The zero-order valence-corrected chi connectivity index (χ0v) is 17.7. The minimum Gasteiger partial charge on any atom is -0.490 e. The number of esters is 1. The summed E-state index contributed by atoms with van der Waals surface area (Å²) in [4.78, 5) is 16.4. The molecule has 0 fully saturated rings. The lowest BCUT2D eigenvalue weighted by molar-refractivity contribution is 0.0588. The summed E-state index contributed by atoms with van der Waals surface area (Å²) in [6.45, 7) is 8.50. The number of nitrogens with zero attached hydrogens (tertiary/aromatic N) is 1. The predicted octanol–water partition coefficient (Wildman–Crippen LogP) is 2.80. The highest BCUT2D eigenvalue weighted by Crippen LogP contribution is 2.31. The molecule has 1 unspecified atom stereocenters. The molecule has 0 aliphatic rings. The van der Waals surface area contributed by atoms with Crippen molar-refractivity contribution < 1.29 is 24.1 Å². The average molecular weight is 402 g/mol. The number of hydrogen-bond donors (Lipinski definition) is 2. The lowest BCUT2D eigenvalue weighted by Gasteiger charge is -2.20. The van der Waals surface area contributed by atoms with E-state index in [1.807, 2.05) is 39.8 Å². The molecule has 0 aliphatic heterocycles. The number of carbonyl (C=O) groups is 1. The number of rotatable bonds is 10. The van der Waals surface area contributed by atoms with Gasteiger partial charge in [0.1, 0.15) is 30.6 Å². The van der Waals surface area contributed by atoms with Crippen LogP contribution in [-0.2, 0) is 11.3 Å². The predicted molar refractivity (Wildman–Crippen MR) is 110 cm³/mol. The van der Waals surface area contributed by atoms with Crippen molar-refractivity contribution in [2.45, 2.75) is 46.4 Å². The molecule has 1 aromatic carbocycles. The Bertz CT molecular complexity index is 809. The molecular formula is C22H30N2O5. The van der Waals surface area contributed by atoms with Crippen LogP contribution in [-0.4, -0.2) is 48.5 Å². The third kappa shape index (κ3) is 6.44. The number of carbonyl (C=O) groups excluding carboxylic acids is 1. The molecule has 0 radical (unpaired) electrons. The fourth-order valence-corrected chi connectivity index (χ4v) is 2.86. The van der Waals surface area contributed by atoms with Crippen LogP contribution in [0.25, 0.3) is 0 Å². The summed E-state index contributed by atoms with van der Waals surface area (Å²) in [7, 11) is 1.33. The second-order valence-corrected chi connectivity index (χ2v) is 7.15. The Kier molecular flexibility index (Phi) is 8.42. The zero-order chi connectivity index (χ0) is 21.4. The van der Waals surface area contributed by atoms with E-state index in [4.69, 9.17) is 14.2 Å². The Labute approximate surface area is 172 Å². The molecule has 158 valence electrons. The van der Waals surface area contributed by atoms with Crippen LogP contribution in [0.1, 0.15) is 40.9 Å². The second-order valence-electron chi connectivity index (χ2n) is 7.15. The molecule has 7 nitrogen and oxygen atoms in total. The highest BCUT2D eigenvalue weighted by Gasteiger charge is 2.21. The standard InChI is InChI=1S/C22H30N2O5/c1-14(2)24-11-17(25)12-29-21-16(4)19(13-28-20-8-6-7-9-23-20)15(3)10-18(21)22(26)27-5/h6-10,14,17,24-25H,11-13H2,1-5H3. The van der Waals surface area contributed by atoms with E-state index in [1.54, 1.807) is 18.3 Å². The van der Waals surface area contributed by atoms with E-state index in [0.717, 1.165) is 16.7 Å². The summed E-state index contributed by atoms with van der Waals surface area (Å²) in [6.07, 6.45) is 0.952. The number of benzene rings is 1. The summed E-state index contributed by atoms with van der Waals surface area (Å²) in [6, 6.07) is 7.43. The zero-order valence-electron chi connectivity index (χ0n) is 17.7. The average Bonchev–Trinajstić information content (AvgIpc) is 2.71. The number of nitrogens with one attached hydrogen (secondary N) is 1. The number of aryl methyl sites for hydroxylation is 1. The summed E-state index contributed by atoms with van der Waals surface area (Å²) in [5.41, 5.74) is 2.87. The van der Waals surface area contributed by atoms with Crippen molar-refractivity contribution >= 4 is 5.97 Å². The molecule has 0 saturated carbocycles. The summed E-state index contributed by atoms with van der Waals surface area (Å²) >= 11 is 0. The summed E-state index contributed by atoms with van der Waals surface area (Å²) < 4.78 is 16.6. The van der Waals surface area contributed by atoms with Gasteiger partial charge in [0, 0.05) is 24.8 Å². The Morgan fingerprint density at radius 2 is 2.00 bits per heavy atom. The van der Waals surface area contributed by atoms with E-state index in [1.165, 1.54) is 7.11 Å². The normalized spacial score (nSPS) is 12.0. The summed E-state index contributed by atoms with van der Waals surface area (Å²) in [5.74, 6) is 0.421. The van der Waals surface area contributed by atoms with Crippen LogP contribution < -0.4 is 14.8 Å². The van der Waals surface area contributed by atoms with Crippen molar-refractivity contribution in [3.05, 3.63) is 52.7 Å². The van der Waals surface area contributed by atoms with Gasteiger partial charge in [0.25, 0.3) is 0 Å². The number of pyridine rings is 1. The third-order valence-electron chi connectivity index (χ3n) is 4.46. The molecule has 0 spiro atoms. The van der Waals surface area contributed by atoms with Gasteiger partial charge in [-0.05, 0) is 42.7 Å². The number of aromatic nitrogens is 1. The number of hydrogen-bond acceptors (Lipinski definition) is 7. The lowest BCUT2D eigenvalue weighted by Crippen LogP contribution is -2.35. The van der Waals surface area contributed by atoms with E-state index >= 15 is 0 Å². The van der Waals surface area contributed by atoms with Crippen LogP contribution in [0.3, 0.4) is 0 Å². The number of aliphatic hydroxyl groups is 1. The first-order valence-electron chi connectivity index (χ1n) is 9.63. The number of aliphatic hydroxyl groups excluding tert-OH is 1. The van der Waals surface area contributed by atoms with Gasteiger partial charge in [-0.25, -0.2) is 9.78 Å². The van der Waals surface area contributed by atoms with Crippen LogP contribution in [0.2, 0.25) is 0 Å². The van der Waals surface area contributed by atoms with E-state index < -0.39 is 12.1 Å². The second kappa shape index (κ2) is 10.8. The number of ether oxygens (including phenoxy) is 3. The molecule has 29 heavy (non-hydrogen) atoms. The van der Waals surface area contributed by atoms with Gasteiger partial charge in [-0.1, -0.05) is 19.9 Å². The first kappa shape index (κ1) is 22.6. The smallest absolute Gasteiger partial charge is 0.341 e. The Morgan fingerprint density at radius 1 is 1.24 bits per heavy atom. The molecular weight excluding hydrogens is 372 g/mol. The van der Waals surface area contributed by atoms with Crippen molar-refractivity contribution in [2.24, 2.45) is 0 Å². The fourth-order valence-electron chi connectivity index (χ4n) is 2.86. The van der Waals surface area contributed by atoms with E-state index in [2.05, 4.69) is 10.3 Å². The maximum absolute atomic E-state index is 12.3. The first-order chi connectivity index (χ1) is 13.8. The number of methoxy groups -OCH3 is 1. The van der Waals surface area contributed by atoms with Gasteiger partial charge in [-0.15, -0.1) is 0 Å². The Morgan fingerprint density at radius 3 is 2.62 bits per heavy atom. The van der Waals surface area contributed by atoms with E-state index in [-0.39, 0.29) is 19.3 Å². The quantitative estimate of drug-likeness (QED) is 0.591. The first-order valence-corrected chi connectivity index (χ1v) is 9.63. The van der Waals surface area contributed by atoms with Crippen molar-refractivity contribution in [3.63, 3.8) is 0 Å². The van der Waals surface area contributed by atoms with Gasteiger partial charge < -0.3 is 24.6 Å². The van der Waals surface area contributed by atoms with E-state index in [0.29, 0.717) is 23.7 Å². The maximum atomic E-state index is 12.3. The van der Waals surface area contributed by atoms with Crippen LogP contribution in [0.15, 0.2) is 30.5 Å². The van der Waals surface area contributed by atoms with Crippen LogP contribution in [0.4, 0.5) is 0 Å². The van der Waals surface area contributed by atoms with Gasteiger partial charge in [0.2, 0.25) is 5.88 Å². The van der Waals surface area contributed by atoms with Crippen molar-refractivity contribution in [2.75, 3.05) is 20.3 Å². The highest BCUT2D eigenvalue weighted by atomic mass is 16.5. The highest BCUT2D eigenvalue weighted by molar-refractivity contribution is 5.93. The molecule has 7 heteroatoms. The molecule has 1 atom stereocenters. The third-order valence-corrected chi connectivity index (χ3v) is 4.46. The minimum absolute atomic E-state index is 0.0498. The van der Waals surface area contributed by atoms with E-state index in [9.17, 15) is 9.90 Å². The largest absolute Gasteiger partial charge is 0.490 e. The molecule has 0 aliphatic carbocycles. The lowest BCUT2D eigenvalue weighted by atomic mass is 9.98. The molecule has 0 saturated heterocycles. The van der Waals surface area contributed by atoms with Gasteiger partial charge in [0.15, 0.2) is 0 Å². The Balaban J connectivity index is 2.24. The van der Waals surface area contributed by atoms with Crippen molar-refractivity contribution in [1.29, 1.82) is 0 Å². The molecule has 1 heterocycles. The van der Waals surface area contributed by atoms with Crippen LogP contribution in [0.5, 0.6) is 11.6 Å². The molecule has 1 aromatic heterocycles. The van der Waals surface area contributed by atoms with Gasteiger partial charge in [0.05, 0.1) is 7.11 Å². The van der Waals surface area contributed by atoms with Crippen LogP contribution >= 0.6 is 0 Å². The molecule has 2 rings (SSSR count). The summed E-state index contributed by atoms with van der Waals surface area (Å²) in [5, 5.41) is 13.3. The van der Waals surface area contributed by atoms with Gasteiger partial charge in [-0.3, -0.25) is 0 Å². The monoisotopic (exact) mass is 402 g/mol. The van der Waals surface area contributed by atoms with Crippen molar-refractivity contribution in [3.8, 4) is 11.6 Å². The van der Waals surface area contributed by atoms with Crippen LogP contribution in [0, 0.1) is 13.8 Å². The maximum Gasteiger partial charge on any atom is 0.341 e. The van der Waals surface area contributed by atoms with Gasteiger partial charge in [-0.2, -0.15) is 0 Å². The fraction of sp³-hybridized carbons (Fsp3) is 0.455. The van der Waals surface area contributed by atoms with Gasteiger partial charge >= 0.3 is 5.97 Å². The molecule has 0 amide bonds. The topological polar surface area (TPSA) is 89.9 Å². The minimum atomic E-state index is -0.711. The Hall–Kier alpha value is -2.64. The molecule has 2 aromatic rings. The molecule has 2 N–H and O–H groups in total. The molecule has 0 bridgehead atoms. The van der Waals surface area contributed by atoms with Crippen molar-refractivity contribution in [1.82, 2.24) is 10.3 Å². The SMILES string of the molecule is COC(=O)c1cc(C)c(COc2ccccn2)c(C)c1OCC(O)CNC(C)C.